The van der Waals surface area contributed by atoms with Crippen molar-refractivity contribution in [1.82, 2.24) is 15.1 Å². The Morgan fingerprint density at radius 3 is 2.48 bits per heavy atom. The van der Waals surface area contributed by atoms with E-state index in [-0.39, 0.29) is 35.0 Å². The van der Waals surface area contributed by atoms with Crippen molar-refractivity contribution >= 4 is 29.2 Å². The van der Waals surface area contributed by atoms with Crippen LogP contribution in [-0.2, 0) is 4.79 Å². The fourth-order valence-corrected chi connectivity index (χ4v) is 4.34. The van der Waals surface area contributed by atoms with Gasteiger partial charge in [-0.15, -0.1) is 0 Å². The molecular formula is C20H29ClFN5O2. The number of amides is 3. The Morgan fingerprint density at radius 1 is 1.21 bits per heavy atom. The van der Waals surface area contributed by atoms with E-state index in [1.165, 1.54) is 12.1 Å². The van der Waals surface area contributed by atoms with Gasteiger partial charge in [0.1, 0.15) is 5.82 Å². The molecule has 1 aromatic rings. The predicted octanol–water partition coefficient (Wildman–Crippen LogP) is 2.12. The van der Waals surface area contributed by atoms with Crippen molar-refractivity contribution in [3.63, 3.8) is 0 Å². The fraction of sp³-hybridized carbons (Fsp3) is 0.600. The third-order valence-electron chi connectivity index (χ3n) is 5.53. The third-order valence-corrected chi connectivity index (χ3v) is 5.83. The normalized spacial score (nSPS) is 27.6. The van der Waals surface area contributed by atoms with Crippen LogP contribution in [0.1, 0.15) is 20.3 Å². The van der Waals surface area contributed by atoms with Gasteiger partial charge in [-0.3, -0.25) is 4.79 Å². The molecule has 0 aliphatic carbocycles. The molecule has 29 heavy (non-hydrogen) atoms. The van der Waals surface area contributed by atoms with Gasteiger partial charge in [-0.05, 0) is 50.9 Å². The minimum Gasteiger partial charge on any atom is -0.330 e. The summed E-state index contributed by atoms with van der Waals surface area (Å²) in [6.45, 7) is 6.64. The maximum atomic E-state index is 13.7. The summed E-state index contributed by atoms with van der Waals surface area (Å²) in [4.78, 5) is 29.5. The van der Waals surface area contributed by atoms with Crippen molar-refractivity contribution in [3.8, 4) is 0 Å². The summed E-state index contributed by atoms with van der Waals surface area (Å²) in [6.07, 6.45) is 0.594. The highest BCUT2D eigenvalue weighted by Crippen LogP contribution is 2.25. The molecule has 1 aromatic carbocycles. The summed E-state index contributed by atoms with van der Waals surface area (Å²) in [5, 5.41) is 6.15. The van der Waals surface area contributed by atoms with Crippen LogP contribution in [-0.4, -0.2) is 66.5 Å². The molecule has 4 atom stereocenters. The van der Waals surface area contributed by atoms with Crippen LogP contribution in [0.4, 0.5) is 14.9 Å². The van der Waals surface area contributed by atoms with Gasteiger partial charge in [0.15, 0.2) is 0 Å². The van der Waals surface area contributed by atoms with Gasteiger partial charge in [0.05, 0.1) is 10.9 Å². The summed E-state index contributed by atoms with van der Waals surface area (Å²) in [5.41, 5.74) is 6.22. The Hall–Kier alpha value is -1.90. The summed E-state index contributed by atoms with van der Waals surface area (Å²) in [6, 6.07) is 4.53. The van der Waals surface area contributed by atoms with Gasteiger partial charge in [0.2, 0.25) is 5.91 Å². The van der Waals surface area contributed by atoms with Crippen molar-refractivity contribution in [1.29, 1.82) is 0 Å². The van der Waals surface area contributed by atoms with Crippen LogP contribution in [0.25, 0.3) is 0 Å². The van der Waals surface area contributed by atoms with Gasteiger partial charge in [-0.25, -0.2) is 9.18 Å². The molecule has 0 saturated carbocycles. The molecule has 7 nitrogen and oxygen atoms in total. The highest BCUT2D eigenvalue weighted by Gasteiger charge is 2.36. The average molecular weight is 426 g/mol. The standard InChI is InChI=1S/C20H29ClFN5O2/c1-12-8-26(9-13(2)24-12)20(29)27-10-14(7-23)5-15(11-27)19(28)25-16-3-4-17(21)18(22)6-16/h3-4,6,12-15,24H,5,7-11,23H2,1-2H3,(H,25,28)/t12-,13+,14-,15-/m0/s1. The average Bonchev–Trinajstić information content (AvgIpc) is 2.69. The fourth-order valence-electron chi connectivity index (χ4n) is 4.22. The zero-order valence-corrected chi connectivity index (χ0v) is 17.6. The molecule has 2 aliphatic rings. The van der Waals surface area contributed by atoms with Gasteiger partial charge in [-0.2, -0.15) is 0 Å². The van der Waals surface area contributed by atoms with Crippen LogP contribution in [0.15, 0.2) is 18.2 Å². The lowest BCUT2D eigenvalue weighted by molar-refractivity contribution is -0.121. The van der Waals surface area contributed by atoms with Crippen LogP contribution < -0.4 is 16.4 Å². The molecule has 3 rings (SSSR count). The van der Waals surface area contributed by atoms with Gasteiger partial charge < -0.3 is 26.2 Å². The van der Waals surface area contributed by atoms with Crippen LogP contribution in [0, 0.1) is 17.7 Å². The van der Waals surface area contributed by atoms with E-state index in [1.807, 2.05) is 4.90 Å². The molecule has 0 radical (unpaired) electrons. The van der Waals surface area contributed by atoms with Crippen molar-refractivity contribution in [2.24, 2.45) is 17.6 Å². The van der Waals surface area contributed by atoms with Crippen LogP contribution in [0.2, 0.25) is 5.02 Å². The number of nitrogens with zero attached hydrogens (tertiary/aromatic N) is 2. The Balaban J connectivity index is 1.68. The highest BCUT2D eigenvalue weighted by molar-refractivity contribution is 6.30. The SMILES string of the molecule is C[C@@H]1CN(C(=O)N2C[C@H](CN)C[C@H](C(=O)Nc3ccc(Cl)c(F)c3)C2)C[C@H](C)N1. The second-order valence-corrected chi connectivity index (χ2v) is 8.62. The van der Waals surface area contributed by atoms with E-state index in [9.17, 15) is 14.0 Å². The van der Waals surface area contributed by atoms with E-state index in [1.54, 1.807) is 11.0 Å². The van der Waals surface area contributed by atoms with Crippen molar-refractivity contribution < 1.29 is 14.0 Å². The predicted molar refractivity (Wildman–Crippen MR) is 111 cm³/mol. The zero-order chi connectivity index (χ0) is 21.1. The van der Waals surface area contributed by atoms with E-state index in [4.69, 9.17) is 17.3 Å². The topological polar surface area (TPSA) is 90.7 Å². The molecule has 0 unspecified atom stereocenters. The number of piperidine rings is 1. The number of nitrogens with two attached hydrogens (primary N) is 1. The largest absolute Gasteiger partial charge is 0.330 e. The van der Waals surface area contributed by atoms with E-state index < -0.39 is 11.7 Å². The molecule has 9 heteroatoms. The maximum Gasteiger partial charge on any atom is 0.320 e. The van der Waals surface area contributed by atoms with Gasteiger partial charge in [0.25, 0.3) is 0 Å². The lowest BCUT2D eigenvalue weighted by atomic mass is 9.88. The number of urea groups is 1. The number of carbonyl (C=O) groups is 2. The summed E-state index contributed by atoms with van der Waals surface area (Å²) in [7, 11) is 0. The summed E-state index contributed by atoms with van der Waals surface area (Å²) >= 11 is 5.70. The molecule has 2 aliphatic heterocycles. The molecule has 2 heterocycles. The van der Waals surface area contributed by atoms with E-state index in [0.29, 0.717) is 44.8 Å². The number of benzene rings is 1. The first-order chi connectivity index (χ1) is 13.8. The molecule has 2 saturated heterocycles. The van der Waals surface area contributed by atoms with Gasteiger partial charge in [-0.1, -0.05) is 11.6 Å². The van der Waals surface area contributed by atoms with Crippen LogP contribution in [0.5, 0.6) is 0 Å². The number of likely N-dealkylation sites (tertiary alicyclic amines) is 1. The summed E-state index contributed by atoms with van der Waals surface area (Å²) in [5.74, 6) is -1.20. The van der Waals surface area contributed by atoms with Gasteiger partial charge in [0, 0.05) is 44.0 Å². The van der Waals surface area contributed by atoms with E-state index in [2.05, 4.69) is 24.5 Å². The first-order valence-corrected chi connectivity index (χ1v) is 10.4. The van der Waals surface area contributed by atoms with Crippen molar-refractivity contribution in [2.75, 3.05) is 38.0 Å². The third kappa shape index (κ3) is 5.38. The number of carbonyl (C=O) groups excluding carboxylic acids is 2. The Labute approximate surface area is 175 Å². The number of hydrogen-bond donors (Lipinski definition) is 3. The summed E-state index contributed by atoms with van der Waals surface area (Å²) < 4.78 is 13.7. The monoisotopic (exact) mass is 425 g/mol. The highest BCUT2D eigenvalue weighted by atomic mass is 35.5. The second kappa shape index (κ2) is 9.28. The van der Waals surface area contributed by atoms with Crippen LogP contribution >= 0.6 is 11.6 Å². The first kappa shape index (κ1) is 21.8. The number of piperazine rings is 1. The van der Waals surface area contributed by atoms with Crippen molar-refractivity contribution in [3.05, 3.63) is 29.0 Å². The maximum absolute atomic E-state index is 13.7. The minimum absolute atomic E-state index is 0.000103. The molecular weight excluding hydrogens is 397 g/mol. The number of nitrogens with one attached hydrogen (secondary N) is 2. The number of halogens is 2. The smallest absolute Gasteiger partial charge is 0.320 e. The molecule has 0 bridgehead atoms. The molecule has 2 fully saturated rings. The lowest BCUT2D eigenvalue weighted by Gasteiger charge is -2.42. The minimum atomic E-state index is -0.591. The first-order valence-electron chi connectivity index (χ1n) is 10.0. The quantitative estimate of drug-likeness (QED) is 0.691. The van der Waals surface area contributed by atoms with Gasteiger partial charge >= 0.3 is 6.03 Å². The molecule has 4 N–H and O–H groups in total. The van der Waals surface area contributed by atoms with E-state index in [0.717, 1.165) is 0 Å². The zero-order valence-electron chi connectivity index (χ0n) is 16.8. The Kier molecular flexibility index (Phi) is 6.97. The van der Waals surface area contributed by atoms with Crippen LogP contribution in [0.3, 0.4) is 0 Å². The Bertz CT molecular complexity index is 754. The van der Waals surface area contributed by atoms with E-state index >= 15 is 0 Å². The Morgan fingerprint density at radius 2 is 1.86 bits per heavy atom. The number of rotatable bonds is 3. The number of anilines is 1. The molecule has 160 valence electrons. The molecule has 3 amide bonds. The molecule has 0 spiro atoms. The van der Waals surface area contributed by atoms with Crippen molar-refractivity contribution in [2.45, 2.75) is 32.4 Å². The lowest BCUT2D eigenvalue weighted by Crippen LogP contribution is -2.60. The number of hydrogen-bond acceptors (Lipinski definition) is 4. The molecule has 0 aromatic heterocycles. The second-order valence-electron chi connectivity index (χ2n) is 8.21.